The molecule has 0 saturated carbocycles. The average molecular weight is 194 g/mol. The fraction of sp³-hybridized carbons (Fsp3) is 0.636. The van der Waals surface area contributed by atoms with Crippen molar-refractivity contribution in [3.05, 3.63) is 24.3 Å². The molecule has 0 aliphatic rings. The summed E-state index contributed by atoms with van der Waals surface area (Å²) in [4.78, 5) is 7.76. The van der Waals surface area contributed by atoms with Crippen molar-refractivity contribution in [3.8, 4) is 0 Å². The first-order valence-corrected chi connectivity index (χ1v) is 5.27. The summed E-state index contributed by atoms with van der Waals surface area (Å²) in [6.45, 7) is 2.18. The van der Waals surface area contributed by atoms with Gasteiger partial charge in [0.25, 0.3) is 0 Å². The van der Waals surface area contributed by atoms with E-state index in [1.54, 1.807) is 12.4 Å². The first-order chi connectivity index (χ1) is 6.84. The summed E-state index contributed by atoms with van der Waals surface area (Å²) in [7, 11) is 0. The molecule has 0 aliphatic heterocycles. The molecule has 1 N–H and O–H groups in total. The van der Waals surface area contributed by atoms with Crippen LogP contribution in [0, 0.1) is 0 Å². The lowest BCUT2D eigenvalue weighted by Gasteiger charge is -2.08. The highest BCUT2D eigenvalue weighted by Gasteiger charge is 2.06. The quantitative estimate of drug-likeness (QED) is 0.708. The summed E-state index contributed by atoms with van der Waals surface area (Å²) in [6, 6.07) is 0. The van der Waals surface area contributed by atoms with Gasteiger partial charge in [0.15, 0.2) is 0 Å². The van der Waals surface area contributed by atoms with Crippen molar-refractivity contribution in [2.75, 3.05) is 0 Å². The molecule has 0 aromatic carbocycles. The van der Waals surface area contributed by atoms with Crippen molar-refractivity contribution in [1.82, 2.24) is 9.97 Å². The molecular weight excluding hydrogens is 176 g/mol. The smallest absolute Gasteiger partial charge is 0.115 e. The van der Waals surface area contributed by atoms with Gasteiger partial charge in [-0.3, -0.25) is 0 Å². The standard InChI is InChI=1S/C11H18N2O/c1-2-3-4-5-6-11(14)10-7-12-9-13-8-10/h7-9,11,14H,2-6H2,1H3. The van der Waals surface area contributed by atoms with E-state index in [1.807, 2.05) is 0 Å². The molecule has 0 radical (unpaired) electrons. The second-order valence-corrected chi connectivity index (χ2v) is 3.54. The maximum absolute atomic E-state index is 9.74. The van der Waals surface area contributed by atoms with E-state index in [9.17, 15) is 5.11 Å². The van der Waals surface area contributed by atoms with Gasteiger partial charge >= 0.3 is 0 Å². The normalized spacial score (nSPS) is 12.7. The van der Waals surface area contributed by atoms with Crippen LogP contribution in [0.4, 0.5) is 0 Å². The van der Waals surface area contributed by atoms with Gasteiger partial charge in [-0.2, -0.15) is 0 Å². The van der Waals surface area contributed by atoms with Crippen LogP contribution in [-0.4, -0.2) is 15.1 Å². The van der Waals surface area contributed by atoms with Crippen LogP contribution in [0.3, 0.4) is 0 Å². The molecule has 1 rings (SSSR count). The molecule has 3 nitrogen and oxygen atoms in total. The minimum Gasteiger partial charge on any atom is -0.388 e. The Balaban J connectivity index is 2.25. The number of hydrogen-bond acceptors (Lipinski definition) is 3. The number of aliphatic hydroxyl groups is 1. The van der Waals surface area contributed by atoms with E-state index in [-0.39, 0.29) is 0 Å². The lowest BCUT2D eigenvalue weighted by Crippen LogP contribution is -1.98. The van der Waals surface area contributed by atoms with E-state index in [0.29, 0.717) is 0 Å². The third-order valence-electron chi connectivity index (χ3n) is 2.30. The highest BCUT2D eigenvalue weighted by atomic mass is 16.3. The fourth-order valence-electron chi connectivity index (χ4n) is 1.41. The van der Waals surface area contributed by atoms with E-state index in [2.05, 4.69) is 16.9 Å². The Hall–Kier alpha value is -0.960. The molecule has 0 bridgehead atoms. The minimum absolute atomic E-state index is 0.395. The molecule has 0 amide bonds. The molecule has 0 spiro atoms. The number of aliphatic hydroxyl groups excluding tert-OH is 1. The molecule has 78 valence electrons. The third-order valence-corrected chi connectivity index (χ3v) is 2.30. The van der Waals surface area contributed by atoms with Crippen LogP contribution in [0.15, 0.2) is 18.7 Å². The van der Waals surface area contributed by atoms with E-state index in [4.69, 9.17) is 0 Å². The van der Waals surface area contributed by atoms with Gasteiger partial charge in [-0.05, 0) is 6.42 Å². The number of rotatable bonds is 6. The van der Waals surface area contributed by atoms with Gasteiger partial charge < -0.3 is 5.11 Å². The number of nitrogens with zero attached hydrogens (tertiary/aromatic N) is 2. The lowest BCUT2D eigenvalue weighted by atomic mass is 10.1. The van der Waals surface area contributed by atoms with Gasteiger partial charge in [0, 0.05) is 18.0 Å². The molecule has 1 atom stereocenters. The molecule has 1 aromatic rings. The van der Waals surface area contributed by atoms with Crippen molar-refractivity contribution in [1.29, 1.82) is 0 Å². The Kier molecular flexibility index (Phi) is 5.15. The largest absolute Gasteiger partial charge is 0.388 e. The van der Waals surface area contributed by atoms with Crippen LogP contribution in [-0.2, 0) is 0 Å². The van der Waals surface area contributed by atoms with Gasteiger partial charge in [0.2, 0.25) is 0 Å². The highest BCUT2D eigenvalue weighted by molar-refractivity contribution is 5.05. The molecule has 14 heavy (non-hydrogen) atoms. The van der Waals surface area contributed by atoms with E-state index >= 15 is 0 Å². The summed E-state index contributed by atoms with van der Waals surface area (Å²) in [6.07, 6.45) is 10.00. The maximum atomic E-state index is 9.74. The molecule has 0 aliphatic carbocycles. The van der Waals surface area contributed by atoms with Gasteiger partial charge in [0.1, 0.15) is 6.33 Å². The summed E-state index contributed by atoms with van der Waals surface area (Å²) in [5.41, 5.74) is 0.823. The summed E-state index contributed by atoms with van der Waals surface area (Å²) in [5, 5.41) is 9.74. The first kappa shape index (κ1) is 11.1. The van der Waals surface area contributed by atoms with Crippen LogP contribution in [0.1, 0.15) is 50.7 Å². The highest BCUT2D eigenvalue weighted by Crippen LogP contribution is 2.17. The minimum atomic E-state index is -0.395. The average Bonchev–Trinajstić information content (AvgIpc) is 2.25. The van der Waals surface area contributed by atoms with Gasteiger partial charge in [0.05, 0.1) is 6.10 Å². The van der Waals surface area contributed by atoms with Gasteiger partial charge in [-0.15, -0.1) is 0 Å². The molecule has 1 unspecified atom stereocenters. The summed E-state index contributed by atoms with van der Waals surface area (Å²) >= 11 is 0. The van der Waals surface area contributed by atoms with Crippen LogP contribution < -0.4 is 0 Å². The van der Waals surface area contributed by atoms with E-state index in [1.165, 1.54) is 25.6 Å². The van der Waals surface area contributed by atoms with E-state index in [0.717, 1.165) is 18.4 Å². The Morgan fingerprint density at radius 3 is 2.57 bits per heavy atom. The first-order valence-electron chi connectivity index (χ1n) is 5.27. The topological polar surface area (TPSA) is 46.0 Å². The zero-order chi connectivity index (χ0) is 10.2. The van der Waals surface area contributed by atoms with Crippen molar-refractivity contribution in [3.63, 3.8) is 0 Å². The zero-order valence-corrected chi connectivity index (χ0v) is 8.69. The maximum Gasteiger partial charge on any atom is 0.115 e. The second kappa shape index (κ2) is 6.49. The van der Waals surface area contributed by atoms with Crippen LogP contribution >= 0.6 is 0 Å². The molecule has 0 saturated heterocycles. The van der Waals surface area contributed by atoms with Crippen molar-refractivity contribution < 1.29 is 5.11 Å². The Morgan fingerprint density at radius 2 is 1.93 bits per heavy atom. The van der Waals surface area contributed by atoms with Crippen molar-refractivity contribution in [2.45, 2.75) is 45.1 Å². The predicted octanol–water partition coefficient (Wildman–Crippen LogP) is 2.48. The zero-order valence-electron chi connectivity index (χ0n) is 8.69. The summed E-state index contributed by atoms with van der Waals surface area (Å²) < 4.78 is 0. The number of unbranched alkanes of at least 4 members (excludes halogenated alkanes) is 3. The Bertz CT molecular complexity index is 238. The second-order valence-electron chi connectivity index (χ2n) is 3.54. The summed E-state index contributed by atoms with van der Waals surface area (Å²) in [5.74, 6) is 0. The van der Waals surface area contributed by atoms with E-state index < -0.39 is 6.10 Å². The van der Waals surface area contributed by atoms with Crippen LogP contribution in [0.2, 0.25) is 0 Å². The monoisotopic (exact) mass is 194 g/mol. The lowest BCUT2D eigenvalue weighted by molar-refractivity contribution is 0.162. The van der Waals surface area contributed by atoms with Crippen LogP contribution in [0.5, 0.6) is 0 Å². The molecule has 3 heteroatoms. The van der Waals surface area contributed by atoms with Gasteiger partial charge in [-0.25, -0.2) is 9.97 Å². The van der Waals surface area contributed by atoms with Crippen molar-refractivity contribution >= 4 is 0 Å². The Labute approximate surface area is 85.2 Å². The van der Waals surface area contributed by atoms with Crippen LogP contribution in [0.25, 0.3) is 0 Å². The fourth-order valence-corrected chi connectivity index (χ4v) is 1.41. The van der Waals surface area contributed by atoms with Gasteiger partial charge in [-0.1, -0.05) is 32.6 Å². The van der Waals surface area contributed by atoms with Crippen molar-refractivity contribution in [2.24, 2.45) is 0 Å². The molecule has 1 heterocycles. The number of hydrogen-bond donors (Lipinski definition) is 1. The SMILES string of the molecule is CCCCCCC(O)c1cncnc1. The molecule has 0 fully saturated rings. The molecular formula is C11H18N2O. The molecule has 1 aromatic heterocycles. The predicted molar refractivity (Wildman–Crippen MR) is 55.8 cm³/mol. The number of aromatic nitrogens is 2. The third kappa shape index (κ3) is 3.83. The Morgan fingerprint density at radius 1 is 1.21 bits per heavy atom.